The van der Waals surface area contributed by atoms with Gasteiger partial charge in [0, 0.05) is 23.2 Å². The summed E-state index contributed by atoms with van der Waals surface area (Å²) in [6.45, 7) is 2.06. The Morgan fingerprint density at radius 3 is 2.60 bits per heavy atom. The van der Waals surface area contributed by atoms with Gasteiger partial charge in [-0.2, -0.15) is 0 Å². The van der Waals surface area contributed by atoms with Crippen molar-refractivity contribution >= 4 is 17.2 Å². The van der Waals surface area contributed by atoms with Crippen LogP contribution in [0.2, 0.25) is 5.02 Å². The first-order valence-corrected chi connectivity index (χ1v) is 8.46. The normalized spacial score (nSPS) is 11.2. The number of hydrogen-bond donors (Lipinski definition) is 0. The molecule has 0 aliphatic rings. The van der Waals surface area contributed by atoms with E-state index in [9.17, 15) is 4.39 Å². The van der Waals surface area contributed by atoms with Crippen molar-refractivity contribution in [3.63, 3.8) is 0 Å². The van der Waals surface area contributed by atoms with Crippen molar-refractivity contribution in [3.05, 3.63) is 94.5 Å². The van der Waals surface area contributed by atoms with Crippen molar-refractivity contribution < 1.29 is 4.39 Å². The first-order valence-electron chi connectivity index (χ1n) is 8.08. The molecule has 25 heavy (non-hydrogen) atoms. The minimum atomic E-state index is -0.250. The highest BCUT2D eigenvalue weighted by Gasteiger charge is 2.15. The molecule has 0 radical (unpaired) electrons. The van der Waals surface area contributed by atoms with Gasteiger partial charge in [0.25, 0.3) is 0 Å². The van der Waals surface area contributed by atoms with Crippen molar-refractivity contribution in [3.8, 4) is 11.3 Å². The highest BCUT2D eigenvalue weighted by molar-refractivity contribution is 6.30. The van der Waals surface area contributed by atoms with Crippen LogP contribution in [0, 0.1) is 12.7 Å². The molecule has 2 aromatic heterocycles. The first kappa shape index (κ1) is 15.9. The third-order valence-corrected chi connectivity index (χ3v) is 4.48. The summed E-state index contributed by atoms with van der Waals surface area (Å²) in [7, 11) is 0. The predicted molar refractivity (Wildman–Crippen MR) is 99.6 cm³/mol. The molecule has 4 rings (SSSR count). The molecule has 0 aliphatic heterocycles. The van der Waals surface area contributed by atoms with Gasteiger partial charge in [0.2, 0.25) is 0 Å². The van der Waals surface area contributed by atoms with E-state index in [1.54, 1.807) is 12.1 Å². The van der Waals surface area contributed by atoms with Crippen molar-refractivity contribution in [2.45, 2.75) is 13.3 Å². The number of aryl methyl sites for hydroxylation is 1. The van der Waals surface area contributed by atoms with E-state index in [1.165, 1.54) is 12.1 Å². The standard InChI is InChI=1S/C21H16ClFN2/c1-14-5-10-20-24-21(16-6-8-18(23)9-7-16)19(25(20)13-14)12-15-3-2-4-17(22)11-15/h2-11,13H,12H2,1H3. The molecule has 4 heteroatoms. The Morgan fingerprint density at radius 1 is 1.04 bits per heavy atom. The average molecular weight is 351 g/mol. The monoisotopic (exact) mass is 350 g/mol. The van der Waals surface area contributed by atoms with Crippen molar-refractivity contribution in [2.75, 3.05) is 0 Å². The highest BCUT2D eigenvalue weighted by Crippen LogP contribution is 2.27. The molecule has 4 aromatic rings. The van der Waals surface area contributed by atoms with Gasteiger partial charge in [-0.15, -0.1) is 0 Å². The van der Waals surface area contributed by atoms with Crippen LogP contribution in [-0.4, -0.2) is 9.38 Å². The Kier molecular flexibility index (Phi) is 4.02. The first-order chi connectivity index (χ1) is 12.1. The predicted octanol–water partition coefficient (Wildman–Crippen LogP) is 5.69. The molecule has 2 aromatic carbocycles. The number of fused-ring (bicyclic) bond motifs is 1. The van der Waals surface area contributed by atoms with Crippen molar-refractivity contribution in [1.29, 1.82) is 0 Å². The maximum Gasteiger partial charge on any atom is 0.137 e. The molecule has 0 N–H and O–H groups in total. The summed E-state index contributed by atoms with van der Waals surface area (Å²) in [4.78, 5) is 4.78. The fourth-order valence-electron chi connectivity index (χ4n) is 3.05. The van der Waals surface area contributed by atoms with E-state index >= 15 is 0 Å². The van der Waals surface area contributed by atoms with Crippen LogP contribution < -0.4 is 0 Å². The number of rotatable bonds is 3. The van der Waals surface area contributed by atoms with Crippen LogP contribution in [0.3, 0.4) is 0 Å². The molecule has 0 saturated carbocycles. The van der Waals surface area contributed by atoms with Crippen LogP contribution in [-0.2, 0) is 6.42 Å². The quantitative estimate of drug-likeness (QED) is 0.463. The Bertz CT molecular complexity index is 1050. The van der Waals surface area contributed by atoms with Gasteiger partial charge in [-0.05, 0) is 60.5 Å². The molecule has 0 atom stereocenters. The topological polar surface area (TPSA) is 17.3 Å². The molecule has 0 unspecified atom stereocenters. The van der Waals surface area contributed by atoms with E-state index < -0.39 is 0 Å². The lowest BCUT2D eigenvalue weighted by Crippen LogP contribution is -1.97. The maximum absolute atomic E-state index is 13.3. The van der Waals surface area contributed by atoms with Crippen molar-refractivity contribution in [2.24, 2.45) is 0 Å². The van der Waals surface area contributed by atoms with E-state index in [4.69, 9.17) is 16.6 Å². The van der Waals surface area contributed by atoms with Gasteiger partial charge in [-0.1, -0.05) is 29.8 Å². The average Bonchev–Trinajstić information content (AvgIpc) is 2.93. The number of halogens is 2. The van der Waals surface area contributed by atoms with Crippen LogP contribution in [0.4, 0.5) is 4.39 Å². The van der Waals surface area contributed by atoms with Crippen LogP contribution >= 0.6 is 11.6 Å². The Morgan fingerprint density at radius 2 is 1.84 bits per heavy atom. The SMILES string of the molecule is Cc1ccc2nc(-c3ccc(F)cc3)c(Cc3cccc(Cl)c3)n2c1. The molecular formula is C21H16ClFN2. The Labute approximate surface area is 150 Å². The third kappa shape index (κ3) is 3.15. The summed E-state index contributed by atoms with van der Waals surface area (Å²) in [6, 6.07) is 18.3. The molecule has 0 bridgehead atoms. The molecule has 124 valence electrons. The molecule has 2 heterocycles. The zero-order chi connectivity index (χ0) is 17.4. The summed E-state index contributed by atoms with van der Waals surface area (Å²) >= 11 is 6.14. The summed E-state index contributed by atoms with van der Waals surface area (Å²) in [5.41, 5.74) is 5.97. The highest BCUT2D eigenvalue weighted by atomic mass is 35.5. The zero-order valence-corrected chi connectivity index (χ0v) is 14.5. The van der Waals surface area contributed by atoms with Gasteiger partial charge in [0.15, 0.2) is 0 Å². The second-order valence-corrected chi connectivity index (χ2v) is 6.59. The van der Waals surface area contributed by atoms with Crippen LogP contribution in [0.1, 0.15) is 16.8 Å². The molecule has 0 aliphatic carbocycles. The summed E-state index contributed by atoms with van der Waals surface area (Å²) < 4.78 is 15.4. The summed E-state index contributed by atoms with van der Waals surface area (Å²) in [5, 5.41) is 0.714. The molecule has 0 fully saturated rings. The van der Waals surface area contributed by atoms with E-state index in [0.29, 0.717) is 11.4 Å². The lowest BCUT2D eigenvalue weighted by Gasteiger charge is -2.07. The van der Waals surface area contributed by atoms with Crippen molar-refractivity contribution in [1.82, 2.24) is 9.38 Å². The molecule has 2 nitrogen and oxygen atoms in total. The van der Waals surface area contributed by atoms with Crippen LogP contribution in [0.15, 0.2) is 66.9 Å². The van der Waals surface area contributed by atoms with Crippen LogP contribution in [0.25, 0.3) is 16.9 Å². The fraction of sp³-hybridized carbons (Fsp3) is 0.0952. The van der Waals surface area contributed by atoms with E-state index in [1.807, 2.05) is 30.3 Å². The van der Waals surface area contributed by atoms with Crippen LogP contribution in [0.5, 0.6) is 0 Å². The molecule has 0 saturated heterocycles. The lowest BCUT2D eigenvalue weighted by atomic mass is 10.0. The van der Waals surface area contributed by atoms with Gasteiger partial charge < -0.3 is 4.40 Å². The second kappa shape index (κ2) is 6.34. The fourth-order valence-corrected chi connectivity index (χ4v) is 3.26. The molecular weight excluding hydrogens is 335 g/mol. The third-order valence-electron chi connectivity index (χ3n) is 4.24. The van der Waals surface area contributed by atoms with Gasteiger partial charge >= 0.3 is 0 Å². The molecule has 0 spiro atoms. The Hall–Kier alpha value is -2.65. The zero-order valence-electron chi connectivity index (χ0n) is 13.7. The minimum Gasteiger partial charge on any atom is -0.303 e. The number of pyridine rings is 1. The largest absolute Gasteiger partial charge is 0.303 e. The number of benzene rings is 2. The number of imidazole rings is 1. The van der Waals surface area contributed by atoms with E-state index in [0.717, 1.165) is 33.7 Å². The van der Waals surface area contributed by atoms with E-state index in [2.05, 4.69) is 23.6 Å². The number of hydrogen-bond acceptors (Lipinski definition) is 1. The number of aromatic nitrogens is 2. The maximum atomic E-state index is 13.3. The lowest BCUT2D eigenvalue weighted by molar-refractivity contribution is 0.628. The summed E-state index contributed by atoms with van der Waals surface area (Å²) in [6.07, 6.45) is 2.77. The van der Waals surface area contributed by atoms with E-state index in [-0.39, 0.29) is 5.82 Å². The van der Waals surface area contributed by atoms with Gasteiger partial charge in [-0.3, -0.25) is 0 Å². The second-order valence-electron chi connectivity index (χ2n) is 6.16. The Balaban J connectivity index is 1.91. The van der Waals surface area contributed by atoms with Gasteiger partial charge in [-0.25, -0.2) is 9.37 Å². The van der Waals surface area contributed by atoms with Gasteiger partial charge in [0.1, 0.15) is 11.5 Å². The van der Waals surface area contributed by atoms with Gasteiger partial charge in [0.05, 0.1) is 11.4 Å². The smallest absolute Gasteiger partial charge is 0.137 e. The number of nitrogens with zero attached hydrogens (tertiary/aromatic N) is 2. The summed E-state index contributed by atoms with van der Waals surface area (Å²) in [5.74, 6) is -0.250. The molecule has 0 amide bonds. The minimum absolute atomic E-state index is 0.250.